The average molecular weight is 416 g/mol. The Bertz CT molecular complexity index is 1240. The second-order valence-corrected chi connectivity index (χ2v) is 8.42. The molecular formula is C17H16N6O3S2. The van der Waals surface area contributed by atoms with Gasteiger partial charge < -0.3 is 9.72 Å². The number of carbonyl (C=O) groups is 1. The van der Waals surface area contributed by atoms with Crippen molar-refractivity contribution >= 4 is 40.1 Å². The molecule has 3 heterocycles. The van der Waals surface area contributed by atoms with Crippen LogP contribution >= 0.6 is 23.1 Å². The average Bonchev–Trinajstić information content (AvgIpc) is 3.37. The third kappa shape index (κ3) is 3.34. The van der Waals surface area contributed by atoms with Crippen molar-refractivity contribution in [2.75, 3.05) is 7.11 Å². The SMILES string of the molecule is COC(=O)c1ccc2nc(-n3[nH]c(CSc4nnc(C)s4)c(C)c3=O)[nH]c2c1. The second kappa shape index (κ2) is 7.24. The van der Waals surface area contributed by atoms with Crippen molar-refractivity contribution in [3.05, 3.63) is 50.4 Å². The molecule has 0 aliphatic heterocycles. The Morgan fingerprint density at radius 1 is 1.32 bits per heavy atom. The van der Waals surface area contributed by atoms with Crippen LogP contribution in [-0.4, -0.2) is 43.0 Å². The van der Waals surface area contributed by atoms with E-state index < -0.39 is 5.97 Å². The quantitative estimate of drug-likeness (QED) is 0.379. The van der Waals surface area contributed by atoms with Crippen LogP contribution in [0, 0.1) is 13.8 Å². The highest BCUT2D eigenvalue weighted by Gasteiger charge is 2.16. The summed E-state index contributed by atoms with van der Waals surface area (Å²) in [5, 5.41) is 12.1. The number of carbonyl (C=O) groups excluding carboxylic acids is 1. The predicted molar refractivity (Wildman–Crippen MR) is 106 cm³/mol. The summed E-state index contributed by atoms with van der Waals surface area (Å²) in [6, 6.07) is 4.98. The Morgan fingerprint density at radius 3 is 2.86 bits per heavy atom. The number of nitrogens with zero attached hydrogens (tertiary/aromatic N) is 4. The van der Waals surface area contributed by atoms with Gasteiger partial charge in [0.1, 0.15) is 5.01 Å². The van der Waals surface area contributed by atoms with Gasteiger partial charge in [0.2, 0.25) is 5.95 Å². The maximum absolute atomic E-state index is 12.7. The minimum absolute atomic E-state index is 0.184. The standard InChI is InChI=1S/C17H16N6O3S2/c1-8-13(7-27-17-21-20-9(2)28-17)22-23(14(8)24)16-18-11-5-4-10(15(25)26-3)6-12(11)19-16/h4-6,22H,7H2,1-3H3,(H,18,19). The number of rotatable bonds is 5. The topological polar surface area (TPSA) is 119 Å². The van der Waals surface area contributed by atoms with Crippen molar-refractivity contribution < 1.29 is 9.53 Å². The molecule has 0 aliphatic rings. The number of aromatic amines is 2. The van der Waals surface area contributed by atoms with Gasteiger partial charge in [-0.15, -0.1) is 10.2 Å². The van der Waals surface area contributed by atoms with Crippen LogP contribution in [0.5, 0.6) is 0 Å². The molecule has 4 aromatic rings. The molecule has 0 saturated carbocycles. The maximum Gasteiger partial charge on any atom is 0.337 e. The van der Waals surface area contributed by atoms with Crippen molar-refractivity contribution in [3.63, 3.8) is 0 Å². The van der Waals surface area contributed by atoms with Gasteiger partial charge in [-0.2, -0.15) is 4.68 Å². The third-order valence-corrected chi connectivity index (χ3v) is 6.17. The number of aryl methyl sites for hydroxylation is 1. The van der Waals surface area contributed by atoms with Crippen LogP contribution in [-0.2, 0) is 10.5 Å². The predicted octanol–water partition coefficient (Wildman–Crippen LogP) is 2.59. The lowest BCUT2D eigenvalue weighted by atomic mass is 10.2. The molecule has 0 atom stereocenters. The Morgan fingerprint density at radius 2 is 2.14 bits per heavy atom. The molecule has 4 rings (SSSR count). The highest BCUT2D eigenvalue weighted by atomic mass is 32.2. The van der Waals surface area contributed by atoms with Crippen LogP contribution in [0.25, 0.3) is 17.0 Å². The van der Waals surface area contributed by atoms with E-state index in [2.05, 4.69) is 25.3 Å². The van der Waals surface area contributed by atoms with Crippen LogP contribution in [0.3, 0.4) is 0 Å². The Kier molecular flexibility index (Phi) is 4.77. The monoisotopic (exact) mass is 416 g/mol. The fourth-order valence-electron chi connectivity index (χ4n) is 2.67. The van der Waals surface area contributed by atoms with Gasteiger partial charge in [-0.3, -0.25) is 9.89 Å². The summed E-state index contributed by atoms with van der Waals surface area (Å²) in [7, 11) is 1.33. The third-order valence-electron chi connectivity index (χ3n) is 4.17. The normalized spacial score (nSPS) is 11.2. The van der Waals surface area contributed by atoms with Crippen LogP contribution < -0.4 is 5.56 Å². The van der Waals surface area contributed by atoms with Gasteiger partial charge >= 0.3 is 5.97 Å². The number of ether oxygens (including phenoxy) is 1. The molecule has 1 aromatic carbocycles. The molecule has 3 aromatic heterocycles. The first-order valence-corrected chi connectivity index (χ1v) is 10.1. The van der Waals surface area contributed by atoms with Gasteiger partial charge in [-0.05, 0) is 32.0 Å². The lowest BCUT2D eigenvalue weighted by Gasteiger charge is -1.97. The zero-order valence-electron chi connectivity index (χ0n) is 15.3. The van der Waals surface area contributed by atoms with Crippen LogP contribution in [0.15, 0.2) is 27.3 Å². The molecule has 0 aliphatic carbocycles. The number of methoxy groups -OCH3 is 1. The van der Waals surface area contributed by atoms with E-state index >= 15 is 0 Å². The van der Waals surface area contributed by atoms with E-state index in [1.165, 1.54) is 34.9 Å². The number of aromatic nitrogens is 6. The van der Waals surface area contributed by atoms with Crippen LogP contribution in [0.1, 0.15) is 26.6 Å². The molecule has 144 valence electrons. The molecule has 0 saturated heterocycles. The molecule has 9 nitrogen and oxygen atoms in total. The van der Waals surface area contributed by atoms with Crippen LogP contribution in [0.4, 0.5) is 0 Å². The van der Waals surface area contributed by atoms with Crippen molar-refractivity contribution in [1.82, 2.24) is 29.9 Å². The zero-order valence-corrected chi connectivity index (χ0v) is 16.9. The zero-order chi connectivity index (χ0) is 19.8. The lowest BCUT2D eigenvalue weighted by molar-refractivity contribution is 0.0601. The molecule has 0 amide bonds. The second-order valence-electron chi connectivity index (χ2n) is 6.02. The molecule has 0 spiro atoms. The van der Waals surface area contributed by atoms with Gasteiger partial charge in [0.05, 0.1) is 29.4 Å². The number of hydrogen-bond acceptors (Lipinski definition) is 8. The van der Waals surface area contributed by atoms with Gasteiger partial charge in [-0.1, -0.05) is 23.1 Å². The van der Waals surface area contributed by atoms with Crippen molar-refractivity contribution in [3.8, 4) is 5.95 Å². The van der Waals surface area contributed by atoms with Crippen molar-refractivity contribution in [2.24, 2.45) is 0 Å². The Labute approximate surface area is 167 Å². The molecular weight excluding hydrogens is 400 g/mol. The summed E-state index contributed by atoms with van der Waals surface area (Å²) in [6.45, 7) is 3.67. The fourth-order valence-corrected chi connectivity index (χ4v) is 4.51. The number of thioether (sulfide) groups is 1. The Hall–Kier alpha value is -2.92. The molecule has 0 fully saturated rings. The molecule has 2 N–H and O–H groups in total. The first-order chi connectivity index (χ1) is 13.5. The minimum Gasteiger partial charge on any atom is -0.465 e. The van der Waals surface area contributed by atoms with E-state index in [9.17, 15) is 9.59 Å². The highest BCUT2D eigenvalue weighted by Crippen LogP contribution is 2.25. The summed E-state index contributed by atoms with van der Waals surface area (Å²) < 4.78 is 6.95. The fraction of sp³-hybridized carbons (Fsp3) is 0.235. The lowest BCUT2D eigenvalue weighted by Crippen LogP contribution is -2.16. The number of imidazole rings is 1. The number of esters is 1. The van der Waals surface area contributed by atoms with E-state index in [0.717, 1.165) is 15.0 Å². The summed E-state index contributed by atoms with van der Waals surface area (Å²) in [5.74, 6) is 0.486. The number of H-pyrrole nitrogens is 2. The molecule has 0 radical (unpaired) electrons. The van der Waals surface area contributed by atoms with E-state index in [1.807, 2.05) is 6.92 Å². The van der Waals surface area contributed by atoms with Gasteiger partial charge in [0.25, 0.3) is 5.56 Å². The van der Waals surface area contributed by atoms with Gasteiger partial charge in [-0.25, -0.2) is 9.78 Å². The Balaban J connectivity index is 1.65. The summed E-state index contributed by atoms with van der Waals surface area (Å²) in [4.78, 5) is 31.9. The summed E-state index contributed by atoms with van der Waals surface area (Å²) >= 11 is 3.03. The number of hydrogen-bond donors (Lipinski definition) is 2. The highest BCUT2D eigenvalue weighted by molar-refractivity contribution is 8.00. The van der Waals surface area contributed by atoms with E-state index in [-0.39, 0.29) is 5.56 Å². The minimum atomic E-state index is -0.433. The van der Waals surface area contributed by atoms with E-state index in [1.54, 1.807) is 25.1 Å². The molecule has 11 heteroatoms. The molecule has 28 heavy (non-hydrogen) atoms. The number of fused-ring (bicyclic) bond motifs is 1. The summed E-state index contributed by atoms with van der Waals surface area (Å²) in [5.41, 5.74) is 2.91. The first-order valence-electron chi connectivity index (χ1n) is 8.28. The largest absolute Gasteiger partial charge is 0.465 e. The summed E-state index contributed by atoms with van der Waals surface area (Å²) in [6.07, 6.45) is 0. The van der Waals surface area contributed by atoms with Gasteiger partial charge in [0.15, 0.2) is 4.34 Å². The smallest absolute Gasteiger partial charge is 0.337 e. The van der Waals surface area contributed by atoms with Crippen molar-refractivity contribution in [2.45, 2.75) is 23.9 Å². The molecule has 0 unspecified atom stereocenters. The molecule has 0 bridgehead atoms. The van der Waals surface area contributed by atoms with Gasteiger partial charge in [0, 0.05) is 11.3 Å². The van der Waals surface area contributed by atoms with E-state index in [0.29, 0.717) is 33.9 Å². The maximum atomic E-state index is 12.7. The van der Waals surface area contributed by atoms with E-state index in [4.69, 9.17) is 4.74 Å². The van der Waals surface area contributed by atoms with Crippen molar-refractivity contribution in [1.29, 1.82) is 0 Å². The van der Waals surface area contributed by atoms with Crippen LogP contribution in [0.2, 0.25) is 0 Å². The number of nitrogens with one attached hydrogen (secondary N) is 2. The first kappa shape index (κ1) is 18.4. The number of benzene rings is 1.